The largest absolute Gasteiger partial charge is 0.302 e. The van der Waals surface area contributed by atoms with Gasteiger partial charge < -0.3 is 4.57 Å². The van der Waals surface area contributed by atoms with Gasteiger partial charge in [-0.15, -0.1) is 27.0 Å². The fourth-order valence-corrected chi connectivity index (χ4v) is 2.86. The van der Waals surface area contributed by atoms with Gasteiger partial charge in [-0.2, -0.15) is 0 Å². The molecule has 21 heavy (non-hydrogen) atoms. The Balaban J connectivity index is 1.99. The molecular weight excluding hydrogens is 308 g/mol. The van der Waals surface area contributed by atoms with E-state index in [1.807, 2.05) is 4.57 Å². The lowest BCUT2D eigenvalue weighted by atomic mass is 10.2. The number of thioether (sulfide) groups is 1. The summed E-state index contributed by atoms with van der Waals surface area (Å²) in [5.41, 5.74) is 1.57. The number of carbonyl (C=O) groups excluding carboxylic acids is 1. The van der Waals surface area contributed by atoms with Crippen molar-refractivity contribution in [2.45, 2.75) is 31.5 Å². The zero-order valence-electron chi connectivity index (χ0n) is 11.8. The Morgan fingerprint density at radius 3 is 2.95 bits per heavy atom. The van der Waals surface area contributed by atoms with E-state index in [1.54, 1.807) is 11.6 Å². The van der Waals surface area contributed by atoms with Gasteiger partial charge in [0.15, 0.2) is 5.16 Å². The molecular formula is C12H16N6OS2. The molecule has 2 rings (SSSR count). The van der Waals surface area contributed by atoms with Gasteiger partial charge in [0, 0.05) is 12.5 Å². The normalized spacial score (nSPS) is 10.8. The SMILES string of the molecule is C=CCn1c(SCC(=O)Nc2nncs2)nnc1C(C)C. The molecule has 2 heterocycles. The highest BCUT2D eigenvalue weighted by molar-refractivity contribution is 7.99. The van der Waals surface area contributed by atoms with Crippen LogP contribution in [0.5, 0.6) is 0 Å². The van der Waals surface area contributed by atoms with Crippen molar-refractivity contribution in [3.63, 3.8) is 0 Å². The van der Waals surface area contributed by atoms with Crippen LogP contribution < -0.4 is 5.32 Å². The molecule has 0 saturated carbocycles. The van der Waals surface area contributed by atoms with E-state index in [0.717, 1.165) is 5.82 Å². The van der Waals surface area contributed by atoms with E-state index in [9.17, 15) is 4.79 Å². The number of anilines is 1. The summed E-state index contributed by atoms with van der Waals surface area (Å²) in [5.74, 6) is 1.26. The predicted octanol–water partition coefficient (Wildman–Crippen LogP) is 2.17. The molecule has 2 aromatic rings. The quantitative estimate of drug-likeness (QED) is 0.620. The number of hydrogen-bond acceptors (Lipinski definition) is 7. The smallest absolute Gasteiger partial charge is 0.236 e. The van der Waals surface area contributed by atoms with Crippen molar-refractivity contribution in [3.8, 4) is 0 Å². The Morgan fingerprint density at radius 1 is 1.52 bits per heavy atom. The lowest BCUT2D eigenvalue weighted by Crippen LogP contribution is -2.14. The first-order valence-electron chi connectivity index (χ1n) is 6.34. The molecule has 1 amide bonds. The van der Waals surface area contributed by atoms with Gasteiger partial charge in [0.25, 0.3) is 0 Å². The topological polar surface area (TPSA) is 85.6 Å². The van der Waals surface area contributed by atoms with Crippen LogP contribution in [0.2, 0.25) is 0 Å². The molecule has 0 saturated heterocycles. The third-order valence-corrected chi connectivity index (χ3v) is 4.09. The minimum atomic E-state index is -0.143. The van der Waals surface area contributed by atoms with Gasteiger partial charge >= 0.3 is 0 Å². The summed E-state index contributed by atoms with van der Waals surface area (Å²) in [7, 11) is 0. The third kappa shape index (κ3) is 4.11. The van der Waals surface area contributed by atoms with Crippen molar-refractivity contribution in [1.29, 1.82) is 0 Å². The summed E-state index contributed by atoms with van der Waals surface area (Å²) in [6.45, 7) is 8.48. The highest BCUT2D eigenvalue weighted by atomic mass is 32.2. The number of hydrogen-bond donors (Lipinski definition) is 1. The van der Waals surface area contributed by atoms with Crippen molar-refractivity contribution in [3.05, 3.63) is 24.0 Å². The molecule has 0 aromatic carbocycles. The molecule has 7 nitrogen and oxygen atoms in total. The lowest BCUT2D eigenvalue weighted by molar-refractivity contribution is -0.113. The maximum atomic E-state index is 11.8. The van der Waals surface area contributed by atoms with E-state index in [1.165, 1.54) is 23.1 Å². The standard InChI is InChI=1S/C12H16N6OS2/c1-4-5-18-10(8(2)3)15-17-12(18)20-6-9(19)14-11-16-13-7-21-11/h4,7-8H,1,5-6H2,2-3H3,(H,14,16,19). The number of aromatic nitrogens is 5. The van der Waals surface area contributed by atoms with Crippen molar-refractivity contribution in [1.82, 2.24) is 25.0 Å². The van der Waals surface area contributed by atoms with Gasteiger partial charge in [0.2, 0.25) is 11.0 Å². The van der Waals surface area contributed by atoms with Crippen LogP contribution in [0.3, 0.4) is 0 Å². The van der Waals surface area contributed by atoms with Crippen molar-refractivity contribution in [2.24, 2.45) is 0 Å². The molecule has 0 aliphatic rings. The predicted molar refractivity (Wildman–Crippen MR) is 83.6 cm³/mol. The molecule has 112 valence electrons. The number of carbonyl (C=O) groups is 1. The average Bonchev–Trinajstić information content (AvgIpc) is 3.06. The van der Waals surface area contributed by atoms with Gasteiger partial charge in [-0.25, -0.2) is 0 Å². The summed E-state index contributed by atoms with van der Waals surface area (Å²) < 4.78 is 1.97. The number of rotatable bonds is 7. The first-order valence-corrected chi connectivity index (χ1v) is 8.21. The fourth-order valence-electron chi connectivity index (χ4n) is 1.65. The highest BCUT2D eigenvalue weighted by Gasteiger charge is 2.15. The summed E-state index contributed by atoms with van der Waals surface area (Å²) in [6.07, 6.45) is 1.79. The average molecular weight is 324 g/mol. The van der Waals surface area contributed by atoms with E-state index in [-0.39, 0.29) is 17.6 Å². The van der Waals surface area contributed by atoms with Crippen molar-refractivity contribution >= 4 is 34.1 Å². The second-order valence-electron chi connectivity index (χ2n) is 4.48. The molecule has 1 N–H and O–H groups in total. The van der Waals surface area contributed by atoms with Crippen molar-refractivity contribution in [2.75, 3.05) is 11.1 Å². The Hall–Kier alpha value is -1.74. The molecule has 0 spiro atoms. The van der Waals surface area contributed by atoms with Gasteiger partial charge in [0.05, 0.1) is 5.75 Å². The van der Waals surface area contributed by atoms with Crippen molar-refractivity contribution < 1.29 is 4.79 Å². The second kappa shape index (κ2) is 7.32. The molecule has 9 heteroatoms. The van der Waals surface area contributed by atoms with Gasteiger partial charge in [-0.3, -0.25) is 10.1 Å². The Kier molecular flexibility index (Phi) is 5.45. The summed E-state index contributed by atoms with van der Waals surface area (Å²) in [6, 6.07) is 0. The van der Waals surface area contributed by atoms with E-state index in [4.69, 9.17) is 0 Å². The van der Waals surface area contributed by atoms with Crippen LogP contribution in [-0.4, -0.2) is 36.6 Å². The maximum Gasteiger partial charge on any atom is 0.236 e. The molecule has 2 aromatic heterocycles. The Labute approximate surface area is 130 Å². The molecule has 0 atom stereocenters. The van der Waals surface area contributed by atoms with Gasteiger partial charge in [-0.1, -0.05) is 43.0 Å². The zero-order chi connectivity index (χ0) is 15.2. The summed E-state index contributed by atoms with van der Waals surface area (Å²) in [4.78, 5) is 11.8. The Bertz CT molecular complexity index is 607. The zero-order valence-corrected chi connectivity index (χ0v) is 13.4. The monoisotopic (exact) mass is 324 g/mol. The third-order valence-electron chi connectivity index (χ3n) is 2.51. The lowest BCUT2D eigenvalue weighted by Gasteiger charge is -2.09. The highest BCUT2D eigenvalue weighted by Crippen LogP contribution is 2.21. The number of allylic oxidation sites excluding steroid dienone is 1. The van der Waals surface area contributed by atoms with Crippen LogP contribution in [0.25, 0.3) is 0 Å². The number of nitrogens with zero attached hydrogens (tertiary/aromatic N) is 5. The number of nitrogens with one attached hydrogen (secondary N) is 1. The molecule has 0 radical (unpaired) electrons. The van der Waals surface area contributed by atoms with E-state index in [2.05, 4.69) is 46.1 Å². The first-order chi connectivity index (χ1) is 10.1. The molecule has 0 fully saturated rings. The maximum absolute atomic E-state index is 11.8. The minimum absolute atomic E-state index is 0.143. The first kappa shape index (κ1) is 15.6. The molecule has 0 aliphatic carbocycles. The minimum Gasteiger partial charge on any atom is -0.302 e. The van der Waals surface area contributed by atoms with E-state index >= 15 is 0 Å². The molecule has 0 bridgehead atoms. The van der Waals surface area contributed by atoms with Crippen LogP contribution in [0.4, 0.5) is 5.13 Å². The molecule has 0 unspecified atom stereocenters. The van der Waals surface area contributed by atoms with Crippen LogP contribution in [0.15, 0.2) is 23.3 Å². The van der Waals surface area contributed by atoms with Crippen LogP contribution in [0, 0.1) is 0 Å². The number of amides is 1. The van der Waals surface area contributed by atoms with Gasteiger partial charge in [-0.05, 0) is 0 Å². The summed E-state index contributed by atoms with van der Waals surface area (Å²) in [5, 5.41) is 19.6. The molecule has 0 aliphatic heterocycles. The second-order valence-corrected chi connectivity index (χ2v) is 6.25. The fraction of sp³-hybridized carbons (Fsp3) is 0.417. The van der Waals surface area contributed by atoms with Crippen LogP contribution >= 0.6 is 23.1 Å². The Morgan fingerprint density at radius 2 is 2.33 bits per heavy atom. The van der Waals surface area contributed by atoms with Gasteiger partial charge in [0.1, 0.15) is 11.3 Å². The van der Waals surface area contributed by atoms with Crippen LogP contribution in [0.1, 0.15) is 25.6 Å². The summed E-state index contributed by atoms with van der Waals surface area (Å²) >= 11 is 2.62. The van der Waals surface area contributed by atoms with E-state index < -0.39 is 0 Å². The van der Waals surface area contributed by atoms with Crippen LogP contribution in [-0.2, 0) is 11.3 Å². The van der Waals surface area contributed by atoms with E-state index in [0.29, 0.717) is 16.8 Å².